The van der Waals surface area contributed by atoms with Crippen LogP contribution in [-0.4, -0.2) is 14.8 Å². The fourth-order valence-corrected chi connectivity index (χ4v) is 2.46. The van der Waals surface area contributed by atoms with Gasteiger partial charge in [0.2, 0.25) is 0 Å². The maximum absolute atomic E-state index is 5.69. The highest BCUT2D eigenvalue weighted by Gasteiger charge is 2.21. The van der Waals surface area contributed by atoms with Crippen LogP contribution < -0.4 is 11.3 Å². The van der Waals surface area contributed by atoms with Crippen LogP contribution in [0.25, 0.3) is 0 Å². The highest BCUT2D eigenvalue weighted by atomic mass is 79.9. The van der Waals surface area contributed by atoms with E-state index in [1.165, 1.54) is 0 Å². The van der Waals surface area contributed by atoms with Crippen molar-refractivity contribution in [3.05, 3.63) is 46.0 Å². The van der Waals surface area contributed by atoms with Crippen LogP contribution in [0.15, 0.2) is 29.0 Å². The van der Waals surface area contributed by atoms with E-state index in [2.05, 4.69) is 31.4 Å². The third-order valence-electron chi connectivity index (χ3n) is 2.81. The number of aryl methyl sites for hydroxylation is 2. The van der Waals surface area contributed by atoms with Gasteiger partial charge in [0.15, 0.2) is 0 Å². The van der Waals surface area contributed by atoms with Gasteiger partial charge in [0.05, 0.1) is 22.1 Å². The van der Waals surface area contributed by atoms with E-state index in [0.717, 1.165) is 28.0 Å². The van der Waals surface area contributed by atoms with Gasteiger partial charge in [0, 0.05) is 12.7 Å². The summed E-state index contributed by atoms with van der Waals surface area (Å²) in [7, 11) is 0. The van der Waals surface area contributed by atoms with Crippen molar-refractivity contribution in [2.75, 3.05) is 0 Å². The Bertz CT molecular complexity index is 537. The average Bonchev–Trinajstić information content (AvgIpc) is 2.72. The first-order valence-corrected chi connectivity index (χ1v) is 6.56. The average molecular weight is 310 g/mol. The number of hydrogen-bond acceptors (Lipinski definition) is 4. The van der Waals surface area contributed by atoms with Gasteiger partial charge in [-0.15, -0.1) is 0 Å². The smallest absolute Gasteiger partial charge is 0.106 e. The second-order valence-electron chi connectivity index (χ2n) is 4.05. The molecule has 0 fully saturated rings. The third kappa shape index (κ3) is 2.45. The first kappa shape index (κ1) is 13.2. The summed E-state index contributed by atoms with van der Waals surface area (Å²) in [5.41, 5.74) is 5.83. The molecule has 3 N–H and O–H groups in total. The van der Waals surface area contributed by atoms with Gasteiger partial charge in [-0.2, -0.15) is 5.10 Å². The molecule has 0 aromatic carbocycles. The van der Waals surface area contributed by atoms with E-state index in [1.54, 1.807) is 12.4 Å². The minimum absolute atomic E-state index is 0.179. The van der Waals surface area contributed by atoms with Crippen molar-refractivity contribution >= 4 is 15.9 Å². The van der Waals surface area contributed by atoms with E-state index in [9.17, 15) is 0 Å². The normalized spacial score (nSPS) is 12.7. The lowest BCUT2D eigenvalue weighted by molar-refractivity contribution is 0.533. The molecule has 2 rings (SSSR count). The van der Waals surface area contributed by atoms with Crippen LogP contribution in [-0.2, 0) is 6.54 Å². The standard InChI is InChI=1S/C12H16BrN5/c1-3-18-12(9(13)7-16-18)11(17-14)10-6-8(2)4-5-15-10/h4-7,11,17H,3,14H2,1-2H3. The molecule has 0 spiro atoms. The van der Waals surface area contributed by atoms with Crippen molar-refractivity contribution in [1.29, 1.82) is 0 Å². The molecule has 0 radical (unpaired) electrons. The molecule has 0 aliphatic rings. The topological polar surface area (TPSA) is 68.8 Å². The van der Waals surface area contributed by atoms with E-state index in [4.69, 9.17) is 5.84 Å². The first-order valence-electron chi connectivity index (χ1n) is 5.77. The molecule has 0 saturated heterocycles. The van der Waals surface area contributed by atoms with Gasteiger partial charge >= 0.3 is 0 Å². The second-order valence-corrected chi connectivity index (χ2v) is 4.91. The Balaban J connectivity index is 2.48. The van der Waals surface area contributed by atoms with Crippen molar-refractivity contribution in [3.8, 4) is 0 Å². The van der Waals surface area contributed by atoms with Gasteiger partial charge in [0.25, 0.3) is 0 Å². The lowest BCUT2D eigenvalue weighted by atomic mass is 10.1. The zero-order chi connectivity index (χ0) is 13.1. The molecule has 1 unspecified atom stereocenters. The van der Waals surface area contributed by atoms with Crippen LogP contribution >= 0.6 is 15.9 Å². The van der Waals surface area contributed by atoms with Crippen LogP contribution in [0.3, 0.4) is 0 Å². The maximum Gasteiger partial charge on any atom is 0.106 e. The van der Waals surface area contributed by atoms with E-state index in [-0.39, 0.29) is 6.04 Å². The molecule has 2 heterocycles. The number of halogens is 1. The Morgan fingerprint density at radius 3 is 2.94 bits per heavy atom. The predicted octanol–water partition coefficient (Wildman–Crippen LogP) is 1.92. The number of rotatable bonds is 4. The van der Waals surface area contributed by atoms with Gasteiger partial charge in [-0.05, 0) is 47.5 Å². The summed E-state index contributed by atoms with van der Waals surface area (Å²) < 4.78 is 2.83. The van der Waals surface area contributed by atoms with Gasteiger partial charge < -0.3 is 0 Å². The number of hydrazine groups is 1. The Morgan fingerprint density at radius 2 is 2.33 bits per heavy atom. The summed E-state index contributed by atoms with van der Waals surface area (Å²) in [5.74, 6) is 5.69. The highest BCUT2D eigenvalue weighted by molar-refractivity contribution is 9.10. The molecule has 6 heteroatoms. The maximum atomic E-state index is 5.69. The fraction of sp³-hybridized carbons (Fsp3) is 0.333. The molecule has 2 aromatic rings. The first-order chi connectivity index (χ1) is 8.67. The fourth-order valence-electron chi connectivity index (χ4n) is 1.93. The lowest BCUT2D eigenvalue weighted by Gasteiger charge is -2.17. The van der Waals surface area contributed by atoms with Crippen LogP contribution in [0.5, 0.6) is 0 Å². The summed E-state index contributed by atoms with van der Waals surface area (Å²) in [4.78, 5) is 4.38. The number of pyridine rings is 1. The number of nitrogens with zero attached hydrogens (tertiary/aromatic N) is 3. The van der Waals surface area contributed by atoms with Gasteiger partial charge in [-0.1, -0.05) is 0 Å². The molecular formula is C12H16BrN5. The van der Waals surface area contributed by atoms with Crippen LogP contribution in [0.1, 0.15) is 29.9 Å². The quantitative estimate of drug-likeness (QED) is 0.669. The summed E-state index contributed by atoms with van der Waals surface area (Å²) in [6.45, 7) is 4.86. The zero-order valence-corrected chi connectivity index (χ0v) is 12.0. The number of aromatic nitrogens is 3. The molecular weight excluding hydrogens is 294 g/mol. The molecule has 0 aliphatic heterocycles. The van der Waals surface area contributed by atoms with Gasteiger partial charge in [0.1, 0.15) is 6.04 Å². The number of nitrogens with two attached hydrogens (primary N) is 1. The Hall–Kier alpha value is -1.24. The van der Waals surface area contributed by atoms with E-state index in [0.29, 0.717) is 0 Å². The SMILES string of the molecule is CCn1ncc(Br)c1C(NN)c1cc(C)ccn1. The molecule has 2 aromatic heterocycles. The molecule has 0 amide bonds. The molecule has 1 atom stereocenters. The largest absolute Gasteiger partial charge is 0.270 e. The summed E-state index contributed by atoms with van der Waals surface area (Å²) in [6.07, 6.45) is 3.56. The lowest BCUT2D eigenvalue weighted by Crippen LogP contribution is -2.31. The second kappa shape index (κ2) is 5.60. The summed E-state index contributed by atoms with van der Waals surface area (Å²) >= 11 is 3.51. The monoisotopic (exact) mass is 309 g/mol. The van der Waals surface area contributed by atoms with Crippen molar-refractivity contribution < 1.29 is 0 Å². The summed E-state index contributed by atoms with van der Waals surface area (Å²) in [6, 6.07) is 3.80. The van der Waals surface area contributed by atoms with Gasteiger partial charge in [-0.25, -0.2) is 5.43 Å². The van der Waals surface area contributed by atoms with Crippen molar-refractivity contribution in [2.45, 2.75) is 26.4 Å². The summed E-state index contributed by atoms with van der Waals surface area (Å²) in [5, 5.41) is 4.30. The molecule has 0 aliphatic carbocycles. The van der Waals surface area contributed by atoms with Crippen molar-refractivity contribution in [1.82, 2.24) is 20.2 Å². The molecule has 18 heavy (non-hydrogen) atoms. The molecule has 96 valence electrons. The molecule has 0 bridgehead atoms. The predicted molar refractivity (Wildman–Crippen MR) is 73.7 cm³/mol. The van der Waals surface area contributed by atoms with Crippen molar-refractivity contribution in [2.24, 2.45) is 5.84 Å². The number of hydrogen-bond donors (Lipinski definition) is 2. The molecule has 5 nitrogen and oxygen atoms in total. The van der Waals surface area contributed by atoms with Gasteiger partial charge in [-0.3, -0.25) is 15.5 Å². The van der Waals surface area contributed by atoms with E-state index >= 15 is 0 Å². The molecule has 0 saturated carbocycles. The minimum Gasteiger partial charge on any atom is -0.270 e. The van der Waals surface area contributed by atoms with Crippen molar-refractivity contribution in [3.63, 3.8) is 0 Å². The Kier molecular flexibility index (Phi) is 4.11. The minimum atomic E-state index is -0.179. The van der Waals surface area contributed by atoms with Crippen LogP contribution in [0.2, 0.25) is 0 Å². The van der Waals surface area contributed by atoms with E-state index in [1.807, 2.05) is 30.7 Å². The zero-order valence-electron chi connectivity index (χ0n) is 10.4. The third-order valence-corrected chi connectivity index (χ3v) is 3.42. The Labute approximate surface area is 115 Å². The number of nitrogens with one attached hydrogen (secondary N) is 1. The van der Waals surface area contributed by atoms with E-state index < -0.39 is 0 Å². The van der Waals surface area contributed by atoms with Crippen LogP contribution in [0, 0.1) is 6.92 Å². The highest BCUT2D eigenvalue weighted by Crippen LogP contribution is 2.27. The van der Waals surface area contributed by atoms with Crippen LogP contribution in [0.4, 0.5) is 0 Å². The Morgan fingerprint density at radius 1 is 1.56 bits per heavy atom.